The van der Waals surface area contributed by atoms with Crippen molar-refractivity contribution in [2.45, 2.75) is 57.5 Å². The molecule has 0 spiro atoms. The van der Waals surface area contributed by atoms with Gasteiger partial charge in [-0.15, -0.1) is 24.0 Å². The molecule has 0 aromatic carbocycles. The van der Waals surface area contributed by atoms with Crippen LogP contribution in [0.3, 0.4) is 0 Å². The van der Waals surface area contributed by atoms with Crippen molar-refractivity contribution in [3.63, 3.8) is 0 Å². The van der Waals surface area contributed by atoms with Gasteiger partial charge < -0.3 is 20.0 Å². The fourth-order valence-electron chi connectivity index (χ4n) is 4.66. The maximum atomic E-state index is 5.77. The zero-order chi connectivity index (χ0) is 19.2. The molecule has 3 aliphatic rings. The topological polar surface area (TPSA) is 56.0 Å². The third-order valence-corrected chi connectivity index (χ3v) is 6.41. The van der Waals surface area contributed by atoms with E-state index in [0.29, 0.717) is 0 Å². The summed E-state index contributed by atoms with van der Waals surface area (Å²) in [6.45, 7) is 9.59. The summed E-state index contributed by atoms with van der Waals surface area (Å²) in [5.41, 5.74) is 0. The van der Waals surface area contributed by atoms with Crippen LogP contribution in [-0.4, -0.2) is 67.6 Å². The molecular formula is C22H38IN5O. The second-order valence-electron chi connectivity index (χ2n) is 8.61. The summed E-state index contributed by atoms with van der Waals surface area (Å²) in [6.07, 6.45) is 9.81. The largest absolute Gasteiger partial charge is 0.468 e. The molecule has 1 saturated carbocycles. The number of hydrogen-bond acceptors (Lipinski definition) is 4. The maximum absolute atomic E-state index is 5.77. The molecule has 2 unspecified atom stereocenters. The molecule has 1 aromatic heterocycles. The quantitative estimate of drug-likeness (QED) is 0.316. The number of likely N-dealkylation sites (tertiary alicyclic amines) is 2. The Morgan fingerprint density at radius 3 is 2.69 bits per heavy atom. The van der Waals surface area contributed by atoms with E-state index in [4.69, 9.17) is 9.41 Å². The summed E-state index contributed by atoms with van der Waals surface area (Å²) in [7, 11) is 0. The predicted octanol–water partition coefficient (Wildman–Crippen LogP) is 3.46. The lowest BCUT2D eigenvalue weighted by molar-refractivity contribution is 0.150. The minimum atomic E-state index is 0. The Labute approximate surface area is 192 Å². The van der Waals surface area contributed by atoms with Gasteiger partial charge in [0.1, 0.15) is 5.76 Å². The summed E-state index contributed by atoms with van der Waals surface area (Å²) in [5, 5.41) is 7.04. The van der Waals surface area contributed by atoms with Gasteiger partial charge in [-0.25, -0.2) is 0 Å². The Kier molecular flexibility index (Phi) is 9.11. The Morgan fingerprint density at radius 1 is 1.17 bits per heavy atom. The molecular weight excluding hydrogens is 477 g/mol. The second-order valence-corrected chi connectivity index (χ2v) is 8.61. The molecule has 1 aliphatic carbocycles. The van der Waals surface area contributed by atoms with Gasteiger partial charge in [0.05, 0.1) is 18.8 Å². The molecule has 29 heavy (non-hydrogen) atoms. The fourth-order valence-corrected chi connectivity index (χ4v) is 4.66. The maximum Gasteiger partial charge on any atom is 0.191 e. The minimum absolute atomic E-state index is 0. The van der Waals surface area contributed by atoms with Crippen LogP contribution in [0.1, 0.15) is 57.3 Å². The van der Waals surface area contributed by atoms with Gasteiger partial charge in [0.2, 0.25) is 0 Å². The third kappa shape index (κ3) is 6.59. The van der Waals surface area contributed by atoms with Crippen molar-refractivity contribution in [1.29, 1.82) is 0 Å². The van der Waals surface area contributed by atoms with Crippen LogP contribution in [-0.2, 0) is 0 Å². The van der Waals surface area contributed by atoms with Crippen LogP contribution >= 0.6 is 24.0 Å². The van der Waals surface area contributed by atoms with E-state index in [9.17, 15) is 0 Å². The predicted molar refractivity (Wildman–Crippen MR) is 129 cm³/mol. The summed E-state index contributed by atoms with van der Waals surface area (Å²) >= 11 is 0. The molecule has 4 rings (SSSR count). The van der Waals surface area contributed by atoms with E-state index in [1.54, 1.807) is 6.26 Å². The van der Waals surface area contributed by atoms with Gasteiger partial charge >= 0.3 is 0 Å². The van der Waals surface area contributed by atoms with Gasteiger partial charge in [-0.05, 0) is 76.7 Å². The van der Waals surface area contributed by atoms with Crippen LogP contribution in [0.4, 0.5) is 0 Å². The highest BCUT2D eigenvalue weighted by Gasteiger charge is 2.34. The molecule has 2 N–H and O–H groups in total. The Hall–Kier alpha value is -0.800. The van der Waals surface area contributed by atoms with Crippen LogP contribution in [0.2, 0.25) is 0 Å². The van der Waals surface area contributed by atoms with Crippen molar-refractivity contribution in [2.75, 3.05) is 45.8 Å². The molecule has 0 bridgehead atoms. The summed E-state index contributed by atoms with van der Waals surface area (Å²) in [6, 6.07) is 5.22. The van der Waals surface area contributed by atoms with E-state index < -0.39 is 0 Å². The fraction of sp³-hybridized carbons (Fsp3) is 0.773. The van der Waals surface area contributed by atoms with E-state index in [1.807, 2.05) is 6.07 Å². The van der Waals surface area contributed by atoms with Crippen LogP contribution in [0, 0.1) is 5.92 Å². The molecule has 7 heteroatoms. The van der Waals surface area contributed by atoms with Crippen LogP contribution in [0.15, 0.2) is 27.8 Å². The second kappa shape index (κ2) is 11.6. The van der Waals surface area contributed by atoms with Crippen molar-refractivity contribution in [3.8, 4) is 0 Å². The number of halogens is 1. The van der Waals surface area contributed by atoms with Crippen LogP contribution in [0.5, 0.6) is 0 Å². The number of hydrogen-bond donors (Lipinski definition) is 2. The van der Waals surface area contributed by atoms with Gasteiger partial charge in [-0.2, -0.15) is 0 Å². The van der Waals surface area contributed by atoms with E-state index >= 15 is 0 Å². The number of nitrogens with zero attached hydrogens (tertiary/aromatic N) is 3. The molecule has 2 saturated heterocycles. The van der Waals surface area contributed by atoms with Gasteiger partial charge in [0.15, 0.2) is 5.96 Å². The molecule has 0 amide bonds. The normalized spacial score (nSPS) is 24.9. The van der Waals surface area contributed by atoms with Crippen molar-refractivity contribution in [1.82, 2.24) is 20.4 Å². The third-order valence-electron chi connectivity index (χ3n) is 6.41. The van der Waals surface area contributed by atoms with Crippen molar-refractivity contribution in [3.05, 3.63) is 24.2 Å². The van der Waals surface area contributed by atoms with Crippen LogP contribution in [0.25, 0.3) is 0 Å². The highest BCUT2D eigenvalue weighted by molar-refractivity contribution is 14.0. The number of guanidine groups is 1. The van der Waals surface area contributed by atoms with Gasteiger partial charge in [0, 0.05) is 25.7 Å². The first-order chi connectivity index (χ1) is 13.8. The van der Waals surface area contributed by atoms with E-state index in [2.05, 4.69) is 33.4 Å². The highest BCUT2D eigenvalue weighted by Crippen LogP contribution is 2.31. The van der Waals surface area contributed by atoms with Crippen molar-refractivity contribution < 1.29 is 4.42 Å². The standard InChI is InChI=1S/C22H37N5O.HI/c1-2-23-22(24-15-18-10-13-27(17-18)19-8-9-19)25-16-20(21-7-6-14-28-21)26-11-4-3-5-12-26;/h6-7,14,18-20H,2-5,8-13,15-17H2,1H3,(H2,23,24,25);1H. The monoisotopic (exact) mass is 515 g/mol. The molecule has 2 aliphatic heterocycles. The molecule has 0 radical (unpaired) electrons. The summed E-state index contributed by atoms with van der Waals surface area (Å²) < 4.78 is 5.77. The highest BCUT2D eigenvalue weighted by atomic mass is 127. The molecule has 1 aromatic rings. The van der Waals surface area contributed by atoms with E-state index in [1.165, 1.54) is 51.6 Å². The zero-order valence-electron chi connectivity index (χ0n) is 17.8. The molecule has 3 fully saturated rings. The number of nitrogens with one attached hydrogen (secondary N) is 2. The lowest BCUT2D eigenvalue weighted by Gasteiger charge is -2.32. The SMILES string of the molecule is CCNC(=NCC(c1ccco1)N1CCCCC1)NCC1CCN(C2CC2)C1.I. The lowest BCUT2D eigenvalue weighted by Crippen LogP contribution is -2.41. The average molecular weight is 515 g/mol. The van der Waals surface area contributed by atoms with Gasteiger partial charge in [-0.3, -0.25) is 9.89 Å². The first kappa shape index (κ1) is 22.9. The summed E-state index contributed by atoms with van der Waals surface area (Å²) in [4.78, 5) is 10.2. The lowest BCUT2D eigenvalue weighted by atomic mass is 10.1. The van der Waals surface area contributed by atoms with Crippen LogP contribution < -0.4 is 10.6 Å². The van der Waals surface area contributed by atoms with E-state index in [-0.39, 0.29) is 30.0 Å². The van der Waals surface area contributed by atoms with Gasteiger partial charge in [0.25, 0.3) is 0 Å². The van der Waals surface area contributed by atoms with Crippen molar-refractivity contribution >= 4 is 29.9 Å². The Bertz CT molecular complexity index is 613. The number of furan rings is 1. The zero-order valence-corrected chi connectivity index (χ0v) is 20.1. The molecule has 6 nitrogen and oxygen atoms in total. The Morgan fingerprint density at radius 2 is 2.00 bits per heavy atom. The molecule has 164 valence electrons. The first-order valence-electron chi connectivity index (χ1n) is 11.4. The van der Waals surface area contributed by atoms with Crippen molar-refractivity contribution in [2.24, 2.45) is 10.9 Å². The number of aliphatic imine (C=N–C) groups is 1. The molecule has 2 atom stereocenters. The Balaban J connectivity index is 0.00000240. The van der Waals surface area contributed by atoms with Gasteiger partial charge in [-0.1, -0.05) is 6.42 Å². The smallest absolute Gasteiger partial charge is 0.191 e. The average Bonchev–Trinajstić information content (AvgIpc) is 3.23. The summed E-state index contributed by atoms with van der Waals surface area (Å²) in [5.74, 6) is 2.73. The minimum Gasteiger partial charge on any atom is -0.468 e. The number of rotatable bonds is 8. The molecule has 3 heterocycles. The first-order valence-corrected chi connectivity index (χ1v) is 11.4. The number of piperidine rings is 1. The van der Waals surface area contributed by atoms with E-state index in [0.717, 1.165) is 56.4 Å².